The molecule has 0 heterocycles. The van der Waals surface area contributed by atoms with Crippen LogP contribution in [0.5, 0.6) is 5.75 Å². The van der Waals surface area contributed by atoms with Gasteiger partial charge in [-0.15, -0.1) is 0 Å². The topological polar surface area (TPSA) is 67.9 Å². The van der Waals surface area contributed by atoms with Crippen molar-refractivity contribution in [2.24, 2.45) is 0 Å². The summed E-state index contributed by atoms with van der Waals surface area (Å²) in [4.78, 5) is 26.7. The molecule has 0 bridgehead atoms. The molecule has 186 valence electrons. The van der Waals surface area contributed by atoms with Crippen LogP contribution >= 0.6 is 0 Å². The number of ether oxygens (including phenoxy) is 2. The third kappa shape index (κ3) is 8.18. The Balaban J connectivity index is 0.00000210. The molecule has 35 heavy (non-hydrogen) atoms. The zero-order valence-electron chi connectivity index (χ0n) is 21.3. The summed E-state index contributed by atoms with van der Waals surface area (Å²) in [5.74, 6) is 0.518. The number of anilines is 1. The summed E-state index contributed by atoms with van der Waals surface area (Å²) in [6.07, 6.45) is 0.213. The lowest BCUT2D eigenvalue weighted by molar-refractivity contribution is -0.117. The molecule has 0 atom stereocenters. The van der Waals surface area contributed by atoms with Crippen LogP contribution in [0.3, 0.4) is 0 Å². The minimum Gasteiger partial charge on any atom is -0.496 e. The number of carbonyl (C=O) groups is 2. The number of para-hydroxylation sites is 1. The van der Waals surface area contributed by atoms with Gasteiger partial charge in [0.15, 0.2) is 0 Å². The lowest BCUT2D eigenvalue weighted by Crippen LogP contribution is -2.38. The van der Waals surface area contributed by atoms with E-state index in [2.05, 4.69) is 5.32 Å². The van der Waals surface area contributed by atoms with Gasteiger partial charge in [-0.2, -0.15) is 0 Å². The van der Waals surface area contributed by atoms with Crippen LogP contribution in [0.25, 0.3) is 11.1 Å². The Morgan fingerprint density at radius 2 is 1.66 bits per heavy atom. The number of nitrogens with zero attached hydrogens (tertiary/aromatic N) is 1. The minimum atomic E-state index is -0.505. The molecule has 3 aromatic carbocycles. The first kappa shape index (κ1) is 27.4. The van der Waals surface area contributed by atoms with Crippen molar-refractivity contribution < 1.29 is 19.1 Å². The molecule has 0 unspecified atom stereocenters. The highest BCUT2D eigenvalue weighted by Crippen LogP contribution is 2.33. The average molecular weight is 477 g/mol. The molecule has 3 rings (SSSR count). The number of amides is 2. The lowest BCUT2D eigenvalue weighted by Gasteiger charge is -2.21. The Bertz CT molecular complexity index is 1080. The predicted octanol–water partition coefficient (Wildman–Crippen LogP) is 6.68. The Morgan fingerprint density at radius 1 is 0.943 bits per heavy atom. The monoisotopic (exact) mass is 476 g/mol. The van der Waals surface area contributed by atoms with Crippen LogP contribution in [0, 0.1) is 6.92 Å². The molecule has 0 aromatic heterocycles. The molecule has 0 aliphatic rings. The smallest absolute Gasteiger partial charge is 0.410 e. The van der Waals surface area contributed by atoms with Gasteiger partial charge in [-0.05, 0) is 42.2 Å². The molecule has 2 amide bonds. The van der Waals surface area contributed by atoms with E-state index < -0.39 is 6.09 Å². The standard InChI is InChI=1S/C27H30N2O4.C2H6/c1-4-16-29(27(31)33-19-21-11-6-5-7-12-21)18-25(30)28-23-14-9-13-22(17-23)24-15-8-10-20(2)26(24)32-3;1-2/h5-15,17H,4,16,18-19H2,1-3H3,(H,28,30);1-2H3. The fourth-order valence-electron chi connectivity index (χ4n) is 3.60. The van der Waals surface area contributed by atoms with Crippen LogP contribution < -0.4 is 10.1 Å². The number of aryl methyl sites for hydroxylation is 1. The predicted molar refractivity (Wildman–Crippen MR) is 142 cm³/mol. The van der Waals surface area contributed by atoms with Gasteiger partial charge in [-0.3, -0.25) is 9.69 Å². The summed E-state index contributed by atoms with van der Waals surface area (Å²) >= 11 is 0. The highest BCUT2D eigenvalue weighted by Gasteiger charge is 2.18. The van der Waals surface area contributed by atoms with Gasteiger partial charge in [-0.25, -0.2) is 4.79 Å². The molecule has 0 fully saturated rings. The van der Waals surface area contributed by atoms with Gasteiger partial charge >= 0.3 is 6.09 Å². The highest BCUT2D eigenvalue weighted by molar-refractivity contribution is 5.94. The summed E-state index contributed by atoms with van der Waals surface area (Å²) < 4.78 is 11.0. The van der Waals surface area contributed by atoms with E-state index in [4.69, 9.17) is 9.47 Å². The van der Waals surface area contributed by atoms with E-state index in [-0.39, 0.29) is 19.1 Å². The second-order valence-electron chi connectivity index (χ2n) is 7.75. The lowest BCUT2D eigenvalue weighted by atomic mass is 10.0. The van der Waals surface area contributed by atoms with Gasteiger partial charge < -0.3 is 14.8 Å². The number of carbonyl (C=O) groups excluding carboxylic acids is 2. The Hall–Kier alpha value is -3.80. The van der Waals surface area contributed by atoms with Gasteiger partial charge in [-0.1, -0.05) is 81.4 Å². The summed E-state index contributed by atoms with van der Waals surface area (Å²) in [6.45, 7) is 8.46. The van der Waals surface area contributed by atoms with Crippen molar-refractivity contribution in [3.63, 3.8) is 0 Å². The number of rotatable bonds is 9. The number of hydrogen-bond acceptors (Lipinski definition) is 4. The first-order valence-electron chi connectivity index (χ1n) is 12.0. The molecule has 0 aliphatic heterocycles. The number of benzene rings is 3. The number of methoxy groups -OCH3 is 1. The molecular weight excluding hydrogens is 440 g/mol. The SMILES string of the molecule is CC.CCCN(CC(=O)Nc1cccc(-c2cccc(C)c2OC)c1)C(=O)OCc1ccccc1. The maximum atomic E-state index is 12.7. The summed E-state index contributed by atoms with van der Waals surface area (Å²) in [6, 6.07) is 23.0. The van der Waals surface area contributed by atoms with E-state index in [1.807, 2.05) is 100 Å². The molecule has 0 saturated carbocycles. The van der Waals surface area contributed by atoms with Crippen LogP contribution in [0.1, 0.15) is 38.3 Å². The molecule has 1 N–H and O–H groups in total. The highest BCUT2D eigenvalue weighted by atomic mass is 16.6. The first-order valence-corrected chi connectivity index (χ1v) is 12.0. The van der Waals surface area contributed by atoms with Crippen molar-refractivity contribution in [2.45, 2.75) is 40.7 Å². The Labute approximate surface area is 208 Å². The van der Waals surface area contributed by atoms with Crippen molar-refractivity contribution in [1.82, 2.24) is 4.90 Å². The zero-order chi connectivity index (χ0) is 25.6. The third-order valence-electron chi connectivity index (χ3n) is 5.16. The maximum Gasteiger partial charge on any atom is 0.410 e. The van der Waals surface area contributed by atoms with Crippen LogP contribution in [0.15, 0.2) is 72.8 Å². The largest absolute Gasteiger partial charge is 0.496 e. The Morgan fingerprint density at radius 3 is 2.34 bits per heavy atom. The van der Waals surface area contributed by atoms with Crippen molar-refractivity contribution in [2.75, 3.05) is 25.5 Å². The molecule has 0 saturated heterocycles. The van der Waals surface area contributed by atoms with Gasteiger partial charge in [0.1, 0.15) is 18.9 Å². The van der Waals surface area contributed by atoms with E-state index in [0.29, 0.717) is 12.2 Å². The van der Waals surface area contributed by atoms with E-state index in [1.165, 1.54) is 4.90 Å². The molecule has 6 nitrogen and oxygen atoms in total. The van der Waals surface area contributed by atoms with Gasteiger partial charge in [0.2, 0.25) is 5.91 Å². The molecular formula is C29H36N2O4. The second kappa shape index (κ2) is 14.5. The van der Waals surface area contributed by atoms with E-state index in [0.717, 1.165) is 34.4 Å². The van der Waals surface area contributed by atoms with Crippen molar-refractivity contribution in [3.8, 4) is 16.9 Å². The van der Waals surface area contributed by atoms with Crippen LogP contribution in [-0.2, 0) is 16.1 Å². The van der Waals surface area contributed by atoms with Crippen molar-refractivity contribution >= 4 is 17.7 Å². The molecule has 0 spiro atoms. The minimum absolute atomic E-state index is 0.0839. The normalized spacial score (nSPS) is 9.97. The Kier molecular flexibility index (Phi) is 11.3. The van der Waals surface area contributed by atoms with Crippen LogP contribution in [-0.4, -0.2) is 37.1 Å². The fourth-order valence-corrected chi connectivity index (χ4v) is 3.60. The van der Waals surface area contributed by atoms with Crippen LogP contribution in [0.4, 0.5) is 10.5 Å². The summed E-state index contributed by atoms with van der Waals surface area (Å²) in [5.41, 5.74) is 4.46. The molecule has 3 aromatic rings. The number of hydrogen-bond donors (Lipinski definition) is 1. The van der Waals surface area contributed by atoms with Gasteiger partial charge in [0, 0.05) is 17.8 Å². The number of nitrogens with one attached hydrogen (secondary N) is 1. The van der Waals surface area contributed by atoms with Crippen LogP contribution in [0.2, 0.25) is 0 Å². The van der Waals surface area contributed by atoms with Gasteiger partial charge in [0.25, 0.3) is 0 Å². The molecule has 0 aliphatic carbocycles. The second-order valence-corrected chi connectivity index (χ2v) is 7.75. The molecule has 6 heteroatoms. The van der Waals surface area contributed by atoms with Crippen molar-refractivity contribution in [1.29, 1.82) is 0 Å². The first-order chi connectivity index (χ1) is 17.0. The third-order valence-corrected chi connectivity index (χ3v) is 5.16. The van der Waals surface area contributed by atoms with E-state index in [1.54, 1.807) is 7.11 Å². The zero-order valence-corrected chi connectivity index (χ0v) is 21.3. The summed E-state index contributed by atoms with van der Waals surface area (Å²) in [5, 5.41) is 2.89. The average Bonchev–Trinajstić information content (AvgIpc) is 2.88. The van der Waals surface area contributed by atoms with E-state index in [9.17, 15) is 9.59 Å². The quantitative estimate of drug-likeness (QED) is 0.374. The van der Waals surface area contributed by atoms with Gasteiger partial charge in [0.05, 0.1) is 7.11 Å². The maximum absolute atomic E-state index is 12.7. The van der Waals surface area contributed by atoms with E-state index >= 15 is 0 Å². The fraction of sp³-hybridized carbons (Fsp3) is 0.310. The molecule has 0 radical (unpaired) electrons. The summed E-state index contributed by atoms with van der Waals surface area (Å²) in [7, 11) is 1.65. The van der Waals surface area contributed by atoms with Crippen molar-refractivity contribution in [3.05, 3.63) is 83.9 Å².